The maximum Gasteiger partial charge on any atom is 0.132 e. The van der Waals surface area contributed by atoms with Gasteiger partial charge in [0.1, 0.15) is 5.78 Å². The molecule has 0 fully saturated rings. The van der Waals surface area contributed by atoms with Crippen molar-refractivity contribution in [2.75, 3.05) is 0 Å². The fraction of sp³-hybridized carbons (Fsp3) is 0.350. The summed E-state index contributed by atoms with van der Waals surface area (Å²) >= 11 is 5.90. The monoisotopic (exact) mass is 330 g/mol. The number of halogens is 1. The first-order valence-electron chi connectivity index (χ1n) is 8.16. The number of rotatable bonds is 8. The number of aliphatic hydroxyl groups excluding tert-OH is 1. The van der Waals surface area contributed by atoms with E-state index in [-0.39, 0.29) is 0 Å². The lowest BCUT2D eigenvalue weighted by molar-refractivity contribution is -0.118. The first kappa shape index (κ1) is 17.7. The fourth-order valence-electron chi connectivity index (χ4n) is 2.54. The topological polar surface area (TPSA) is 37.3 Å². The standard InChI is InChI=1S/C20H23ClO2/c1-2-19(22)5-3-4-6-20(23)17-9-7-15(8-10-17)16-11-13-18(21)14-12-16/h7-14,20,23H,2-6H2,1H3/t20-/m0/s1. The van der Waals surface area contributed by atoms with Crippen LogP contribution in [-0.2, 0) is 4.79 Å². The van der Waals surface area contributed by atoms with E-state index in [9.17, 15) is 9.90 Å². The third kappa shape index (κ3) is 5.49. The van der Waals surface area contributed by atoms with Gasteiger partial charge in [0.05, 0.1) is 6.10 Å². The van der Waals surface area contributed by atoms with Crippen molar-refractivity contribution < 1.29 is 9.90 Å². The van der Waals surface area contributed by atoms with Crippen LogP contribution >= 0.6 is 11.6 Å². The molecule has 1 N–H and O–H groups in total. The zero-order valence-electron chi connectivity index (χ0n) is 13.5. The highest BCUT2D eigenvalue weighted by molar-refractivity contribution is 6.30. The SMILES string of the molecule is CCC(=O)CCCC[C@H](O)c1ccc(-c2ccc(Cl)cc2)cc1. The van der Waals surface area contributed by atoms with E-state index >= 15 is 0 Å². The quantitative estimate of drug-likeness (QED) is 0.641. The number of ketones is 1. The van der Waals surface area contributed by atoms with Gasteiger partial charge in [0.2, 0.25) is 0 Å². The molecule has 2 rings (SSSR count). The lowest BCUT2D eigenvalue weighted by Crippen LogP contribution is -1.99. The second-order valence-corrected chi connectivity index (χ2v) is 6.22. The Labute approximate surface area is 143 Å². The van der Waals surface area contributed by atoms with Gasteiger partial charge in [-0.3, -0.25) is 4.79 Å². The molecule has 1 atom stereocenters. The first-order valence-corrected chi connectivity index (χ1v) is 8.53. The molecule has 0 saturated heterocycles. The Bertz CT molecular complexity index is 617. The van der Waals surface area contributed by atoms with Crippen LogP contribution in [0.5, 0.6) is 0 Å². The molecular formula is C20H23ClO2. The molecular weight excluding hydrogens is 308 g/mol. The van der Waals surface area contributed by atoms with Gasteiger partial charge in [0, 0.05) is 17.9 Å². The molecule has 0 heterocycles. The van der Waals surface area contributed by atoms with Gasteiger partial charge in [-0.15, -0.1) is 0 Å². The first-order chi connectivity index (χ1) is 11.1. The molecule has 0 saturated carbocycles. The third-order valence-corrected chi connectivity index (χ3v) is 4.30. The van der Waals surface area contributed by atoms with E-state index in [0.717, 1.165) is 34.6 Å². The van der Waals surface area contributed by atoms with Crippen LogP contribution in [-0.4, -0.2) is 10.9 Å². The molecule has 0 amide bonds. The minimum Gasteiger partial charge on any atom is -0.388 e. The summed E-state index contributed by atoms with van der Waals surface area (Å²) in [6.07, 6.45) is 3.18. The molecule has 23 heavy (non-hydrogen) atoms. The number of hydrogen-bond acceptors (Lipinski definition) is 2. The van der Waals surface area contributed by atoms with Gasteiger partial charge < -0.3 is 5.11 Å². The lowest BCUT2D eigenvalue weighted by atomic mass is 9.99. The number of aliphatic hydroxyl groups is 1. The molecule has 122 valence electrons. The summed E-state index contributed by atoms with van der Waals surface area (Å²) in [5.41, 5.74) is 3.13. The van der Waals surface area contributed by atoms with Gasteiger partial charge in [0.15, 0.2) is 0 Å². The Kier molecular flexibility index (Phi) is 6.82. The molecule has 0 aromatic heterocycles. The predicted molar refractivity (Wildman–Crippen MR) is 95.6 cm³/mol. The highest BCUT2D eigenvalue weighted by Crippen LogP contribution is 2.25. The molecule has 2 nitrogen and oxygen atoms in total. The van der Waals surface area contributed by atoms with Gasteiger partial charge in [-0.1, -0.05) is 61.3 Å². The van der Waals surface area contributed by atoms with Gasteiger partial charge in [-0.25, -0.2) is 0 Å². The second-order valence-electron chi connectivity index (χ2n) is 5.78. The van der Waals surface area contributed by atoms with Gasteiger partial charge in [-0.2, -0.15) is 0 Å². The summed E-state index contributed by atoms with van der Waals surface area (Å²) in [6, 6.07) is 15.7. The number of benzene rings is 2. The van der Waals surface area contributed by atoms with Crippen molar-refractivity contribution in [2.24, 2.45) is 0 Å². The number of carbonyl (C=O) groups excluding carboxylic acids is 1. The van der Waals surface area contributed by atoms with Gasteiger partial charge in [0.25, 0.3) is 0 Å². The molecule has 0 aliphatic heterocycles. The van der Waals surface area contributed by atoms with Crippen molar-refractivity contribution in [3.63, 3.8) is 0 Å². The smallest absolute Gasteiger partial charge is 0.132 e. The van der Waals surface area contributed by atoms with Crippen molar-refractivity contribution in [1.82, 2.24) is 0 Å². The predicted octanol–water partition coefficient (Wildman–Crippen LogP) is 5.58. The summed E-state index contributed by atoms with van der Waals surface area (Å²) in [6.45, 7) is 1.89. The number of Topliss-reactive ketones (excluding diaryl/α,β-unsaturated/α-hetero) is 1. The summed E-state index contributed by atoms with van der Waals surface area (Å²) in [7, 11) is 0. The van der Waals surface area contributed by atoms with Gasteiger partial charge in [-0.05, 0) is 41.7 Å². The largest absolute Gasteiger partial charge is 0.388 e. The molecule has 0 bridgehead atoms. The number of carbonyl (C=O) groups is 1. The van der Waals surface area contributed by atoms with Gasteiger partial charge >= 0.3 is 0 Å². The molecule has 2 aromatic carbocycles. The van der Waals surface area contributed by atoms with E-state index < -0.39 is 6.10 Å². The van der Waals surface area contributed by atoms with E-state index in [1.54, 1.807) is 0 Å². The third-order valence-electron chi connectivity index (χ3n) is 4.05. The van der Waals surface area contributed by atoms with Crippen LogP contribution in [0.25, 0.3) is 11.1 Å². The Balaban J connectivity index is 1.88. The van der Waals surface area contributed by atoms with E-state index in [4.69, 9.17) is 11.6 Å². The maximum absolute atomic E-state index is 11.2. The van der Waals surface area contributed by atoms with Crippen LogP contribution < -0.4 is 0 Å². The van der Waals surface area contributed by atoms with Crippen molar-refractivity contribution in [3.8, 4) is 11.1 Å². The zero-order valence-corrected chi connectivity index (χ0v) is 14.2. The molecule has 0 aliphatic carbocycles. The normalized spacial score (nSPS) is 12.1. The van der Waals surface area contributed by atoms with Crippen molar-refractivity contribution in [2.45, 2.75) is 45.1 Å². The van der Waals surface area contributed by atoms with Crippen LogP contribution in [0.4, 0.5) is 0 Å². The van der Waals surface area contributed by atoms with E-state index in [0.29, 0.717) is 25.0 Å². The molecule has 2 aromatic rings. The Morgan fingerprint density at radius 1 is 1.00 bits per heavy atom. The number of hydrogen-bond donors (Lipinski definition) is 1. The van der Waals surface area contributed by atoms with Crippen LogP contribution in [0, 0.1) is 0 Å². The highest BCUT2D eigenvalue weighted by Gasteiger charge is 2.08. The van der Waals surface area contributed by atoms with E-state index in [1.165, 1.54) is 0 Å². The summed E-state index contributed by atoms with van der Waals surface area (Å²) < 4.78 is 0. The average Bonchev–Trinajstić information content (AvgIpc) is 2.59. The fourth-order valence-corrected chi connectivity index (χ4v) is 2.67. The summed E-state index contributed by atoms with van der Waals surface area (Å²) in [5.74, 6) is 0.298. The Morgan fingerprint density at radius 3 is 2.13 bits per heavy atom. The maximum atomic E-state index is 11.2. The highest BCUT2D eigenvalue weighted by atomic mass is 35.5. The average molecular weight is 331 g/mol. The van der Waals surface area contributed by atoms with Crippen LogP contribution in [0.2, 0.25) is 5.02 Å². The summed E-state index contributed by atoms with van der Waals surface area (Å²) in [5, 5.41) is 11.0. The minimum absolute atomic E-state index is 0.298. The van der Waals surface area contributed by atoms with Crippen LogP contribution in [0.3, 0.4) is 0 Å². The van der Waals surface area contributed by atoms with Crippen molar-refractivity contribution in [3.05, 3.63) is 59.1 Å². The zero-order chi connectivity index (χ0) is 16.7. The van der Waals surface area contributed by atoms with Crippen LogP contribution in [0.15, 0.2) is 48.5 Å². The molecule has 0 unspecified atom stereocenters. The molecule has 3 heteroatoms. The van der Waals surface area contributed by atoms with E-state index in [2.05, 4.69) is 0 Å². The Morgan fingerprint density at radius 2 is 1.57 bits per heavy atom. The lowest BCUT2D eigenvalue weighted by Gasteiger charge is -2.11. The molecule has 0 aliphatic rings. The van der Waals surface area contributed by atoms with Crippen LogP contribution in [0.1, 0.15) is 50.7 Å². The molecule has 0 spiro atoms. The summed E-state index contributed by atoms with van der Waals surface area (Å²) in [4.78, 5) is 11.2. The van der Waals surface area contributed by atoms with E-state index in [1.807, 2.05) is 55.5 Å². The van der Waals surface area contributed by atoms with Crippen molar-refractivity contribution in [1.29, 1.82) is 0 Å². The number of unbranched alkanes of at least 4 members (excludes halogenated alkanes) is 1. The Hall–Kier alpha value is -1.64. The van der Waals surface area contributed by atoms with Crippen molar-refractivity contribution >= 4 is 17.4 Å². The molecule has 0 radical (unpaired) electrons. The minimum atomic E-state index is -0.467. The second kappa shape index (κ2) is 8.85.